The molecule has 0 aliphatic rings. The fourth-order valence-electron chi connectivity index (χ4n) is 4.13. The monoisotopic (exact) mass is 565 g/mol. The standard InChI is InChI=1S/C30H33ClFN5O3/c1-16(21-13-20(9-10-23(21)32)40-28(38)37-29(3,4)5)36-26-22-12-18(8-11-24(22)35-17(2)25(26)31)19-14-33-27(34-15-19)30(6,7)39/h8-16,39H,1-7H3,(H,35,36)(H,37,38)/t16-/m1/s1. The molecule has 4 aromatic rings. The number of rotatable bonds is 6. The van der Waals surface area contributed by atoms with E-state index in [1.165, 1.54) is 18.2 Å². The van der Waals surface area contributed by atoms with Crippen LogP contribution in [0.1, 0.15) is 64.7 Å². The number of benzene rings is 2. The third-order valence-corrected chi connectivity index (χ3v) is 6.57. The summed E-state index contributed by atoms with van der Waals surface area (Å²) in [5.74, 6) is 0.0719. The Kier molecular flexibility index (Phi) is 8.01. The Morgan fingerprint density at radius 2 is 1.73 bits per heavy atom. The van der Waals surface area contributed by atoms with Gasteiger partial charge in [-0.05, 0) is 84.4 Å². The lowest BCUT2D eigenvalue weighted by Gasteiger charge is -2.22. The minimum atomic E-state index is -1.15. The van der Waals surface area contributed by atoms with Gasteiger partial charge >= 0.3 is 6.09 Å². The second-order valence-corrected chi connectivity index (χ2v) is 11.7. The molecule has 0 saturated heterocycles. The van der Waals surface area contributed by atoms with Crippen molar-refractivity contribution < 1.29 is 19.0 Å². The maximum atomic E-state index is 15.0. The Morgan fingerprint density at radius 1 is 1.05 bits per heavy atom. The molecule has 8 nitrogen and oxygen atoms in total. The summed E-state index contributed by atoms with van der Waals surface area (Å²) in [4.78, 5) is 25.5. The third kappa shape index (κ3) is 6.66. The summed E-state index contributed by atoms with van der Waals surface area (Å²) >= 11 is 6.73. The van der Waals surface area contributed by atoms with Crippen molar-refractivity contribution in [3.05, 3.63) is 76.7 Å². The number of aromatic nitrogens is 3. The van der Waals surface area contributed by atoms with Gasteiger partial charge < -0.3 is 20.5 Å². The first-order chi connectivity index (χ1) is 18.6. The van der Waals surface area contributed by atoms with E-state index >= 15 is 0 Å². The van der Waals surface area contributed by atoms with Crippen molar-refractivity contribution in [1.82, 2.24) is 20.3 Å². The molecule has 2 aromatic carbocycles. The maximum Gasteiger partial charge on any atom is 0.413 e. The van der Waals surface area contributed by atoms with Gasteiger partial charge in [0.15, 0.2) is 5.82 Å². The zero-order valence-electron chi connectivity index (χ0n) is 23.6. The predicted molar refractivity (Wildman–Crippen MR) is 155 cm³/mol. The second-order valence-electron chi connectivity index (χ2n) is 11.3. The lowest BCUT2D eigenvalue weighted by molar-refractivity contribution is 0.0687. The predicted octanol–water partition coefficient (Wildman–Crippen LogP) is 7.08. The number of pyridine rings is 1. The highest BCUT2D eigenvalue weighted by Crippen LogP contribution is 2.37. The van der Waals surface area contributed by atoms with Crippen molar-refractivity contribution in [3.63, 3.8) is 0 Å². The van der Waals surface area contributed by atoms with Crippen LogP contribution in [0.5, 0.6) is 5.75 Å². The Bertz CT molecular complexity index is 1560. The normalized spacial score (nSPS) is 12.8. The number of nitrogens with zero attached hydrogens (tertiary/aromatic N) is 3. The van der Waals surface area contributed by atoms with Gasteiger partial charge in [0, 0.05) is 34.4 Å². The van der Waals surface area contributed by atoms with Crippen molar-refractivity contribution in [3.8, 4) is 16.9 Å². The number of aliphatic hydroxyl groups is 1. The Hall–Kier alpha value is -3.82. The maximum absolute atomic E-state index is 15.0. The fourth-order valence-corrected chi connectivity index (χ4v) is 4.33. The number of hydrogen-bond acceptors (Lipinski definition) is 7. The van der Waals surface area contributed by atoms with E-state index < -0.39 is 29.1 Å². The molecule has 2 heterocycles. The van der Waals surface area contributed by atoms with Crippen LogP contribution >= 0.6 is 11.6 Å². The summed E-state index contributed by atoms with van der Waals surface area (Å²) in [5.41, 5.74) is 2.13. The molecule has 1 amide bonds. The van der Waals surface area contributed by atoms with E-state index in [9.17, 15) is 14.3 Å². The van der Waals surface area contributed by atoms with Gasteiger partial charge in [-0.25, -0.2) is 19.2 Å². The molecule has 0 bridgehead atoms. The molecule has 4 rings (SSSR count). The number of nitrogens with one attached hydrogen (secondary N) is 2. The molecular weight excluding hydrogens is 533 g/mol. The molecule has 0 unspecified atom stereocenters. The van der Waals surface area contributed by atoms with Gasteiger partial charge in [-0.1, -0.05) is 17.7 Å². The first-order valence-electron chi connectivity index (χ1n) is 12.8. The molecule has 0 radical (unpaired) electrons. The average molecular weight is 566 g/mol. The minimum absolute atomic E-state index is 0.213. The van der Waals surface area contributed by atoms with E-state index in [0.29, 0.717) is 33.3 Å². The van der Waals surface area contributed by atoms with E-state index in [1.54, 1.807) is 40.1 Å². The van der Waals surface area contributed by atoms with Crippen molar-refractivity contribution >= 4 is 34.3 Å². The van der Waals surface area contributed by atoms with Crippen molar-refractivity contribution in [2.45, 2.75) is 65.6 Å². The van der Waals surface area contributed by atoms with Crippen molar-refractivity contribution in [2.75, 3.05) is 5.32 Å². The Balaban J connectivity index is 1.68. The SMILES string of the molecule is Cc1nc2ccc(-c3cnc(C(C)(C)O)nc3)cc2c(N[C@H](C)c2cc(OC(=O)NC(C)(C)C)ccc2F)c1Cl. The Morgan fingerprint density at radius 3 is 2.35 bits per heavy atom. The summed E-state index contributed by atoms with van der Waals surface area (Å²) in [6.45, 7) is 12.4. The smallest absolute Gasteiger partial charge is 0.410 e. The van der Waals surface area contributed by atoms with Crippen LogP contribution in [-0.4, -0.2) is 31.7 Å². The number of halogens is 2. The largest absolute Gasteiger partial charge is 0.413 e. The molecule has 0 aliphatic carbocycles. The molecule has 40 heavy (non-hydrogen) atoms. The van der Waals surface area contributed by atoms with Gasteiger partial charge in [0.05, 0.1) is 28.0 Å². The van der Waals surface area contributed by atoms with Crippen LogP contribution in [-0.2, 0) is 5.60 Å². The fraction of sp³-hybridized carbons (Fsp3) is 0.333. The van der Waals surface area contributed by atoms with Crippen LogP contribution in [0, 0.1) is 12.7 Å². The number of aryl methyl sites for hydroxylation is 1. The third-order valence-electron chi connectivity index (χ3n) is 6.11. The minimum Gasteiger partial charge on any atom is -0.410 e. The molecule has 1 atom stereocenters. The second kappa shape index (κ2) is 11.0. The number of anilines is 1. The van der Waals surface area contributed by atoms with Gasteiger partial charge in [-0.15, -0.1) is 0 Å². The van der Waals surface area contributed by atoms with Crippen LogP contribution in [0.2, 0.25) is 5.02 Å². The lowest BCUT2D eigenvalue weighted by atomic mass is 10.0. The average Bonchev–Trinajstić information content (AvgIpc) is 2.86. The van der Waals surface area contributed by atoms with Gasteiger partial charge in [0.1, 0.15) is 17.2 Å². The lowest BCUT2D eigenvalue weighted by Crippen LogP contribution is -2.42. The van der Waals surface area contributed by atoms with Crippen LogP contribution in [0.3, 0.4) is 0 Å². The summed E-state index contributed by atoms with van der Waals surface area (Å²) in [6, 6.07) is 9.31. The molecule has 0 aliphatic heterocycles. The number of carbonyl (C=O) groups excluding carboxylic acids is 1. The molecule has 0 spiro atoms. The number of ether oxygens (including phenoxy) is 1. The summed E-state index contributed by atoms with van der Waals surface area (Å²) in [7, 11) is 0. The number of fused-ring (bicyclic) bond motifs is 1. The molecule has 2 aromatic heterocycles. The molecule has 0 saturated carbocycles. The summed E-state index contributed by atoms with van der Waals surface area (Å²) in [6.07, 6.45) is 2.67. The molecule has 3 N–H and O–H groups in total. The van der Waals surface area contributed by atoms with Crippen molar-refractivity contribution in [2.24, 2.45) is 0 Å². The topological polar surface area (TPSA) is 109 Å². The van der Waals surface area contributed by atoms with Gasteiger partial charge in [-0.2, -0.15) is 0 Å². The number of carbonyl (C=O) groups is 1. The summed E-state index contributed by atoms with van der Waals surface area (Å²) in [5, 5.41) is 17.4. The van der Waals surface area contributed by atoms with E-state index in [0.717, 1.165) is 16.5 Å². The number of amides is 1. The van der Waals surface area contributed by atoms with E-state index in [1.807, 2.05) is 39.0 Å². The highest BCUT2D eigenvalue weighted by molar-refractivity contribution is 6.35. The van der Waals surface area contributed by atoms with Gasteiger partial charge in [0.2, 0.25) is 0 Å². The molecule has 210 valence electrons. The first-order valence-corrected chi connectivity index (χ1v) is 13.2. The van der Waals surface area contributed by atoms with Gasteiger partial charge in [-0.3, -0.25) is 4.98 Å². The zero-order valence-corrected chi connectivity index (χ0v) is 24.3. The van der Waals surface area contributed by atoms with E-state index in [-0.39, 0.29) is 5.75 Å². The first kappa shape index (κ1) is 29.2. The highest BCUT2D eigenvalue weighted by Gasteiger charge is 2.21. The van der Waals surface area contributed by atoms with Gasteiger partial charge in [0.25, 0.3) is 0 Å². The van der Waals surface area contributed by atoms with E-state index in [4.69, 9.17) is 16.3 Å². The van der Waals surface area contributed by atoms with Crippen LogP contribution in [0.25, 0.3) is 22.0 Å². The van der Waals surface area contributed by atoms with E-state index in [2.05, 4.69) is 25.6 Å². The van der Waals surface area contributed by atoms with Crippen LogP contribution in [0.15, 0.2) is 48.8 Å². The van der Waals surface area contributed by atoms with Crippen LogP contribution < -0.4 is 15.4 Å². The quantitative estimate of drug-likeness (QED) is 0.229. The van der Waals surface area contributed by atoms with Crippen molar-refractivity contribution in [1.29, 1.82) is 0 Å². The molecule has 0 fully saturated rings. The highest BCUT2D eigenvalue weighted by atomic mass is 35.5. The number of hydrogen-bond donors (Lipinski definition) is 3. The Labute approximate surface area is 238 Å². The molecule has 10 heteroatoms. The van der Waals surface area contributed by atoms with Crippen LogP contribution in [0.4, 0.5) is 14.9 Å². The zero-order chi connectivity index (χ0) is 29.4. The summed E-state index contributed by atoms with van der Waals surface area (Å²) < 4.78 is 20.3. The molecular formula is C30H33ClFN5O3.